The van der Waals surface area contributed by atoms with Crippen LogP contribution < -0.4 is 4.72 Å². The first-order valence-electron chi connectivity index (χ1n) is 8.62. The van der Waals surface area contributed by atoms with Gasteiger partial charge in [0, 0.05) is 6.42 Å². The highest BCUT2D eigenvalue weighted by Crippen LogP contribution is 2.64. The van der Waals surface area contributed by atoms with Crippen LogP contribution in [-0.2, 0) is 19.6 Å². The lowest BCUT2D eigenvalue weighted by Gasteiger charge is -2.36. The van der Waals surface area contributed by atoms with E-state index in [0.717, 1.165) is 25.7 Å². The molecular weight excluding hydrogens is 374 g/mol. The van der Waals surface area contributed by atoms with Gasteiger partial charge in [-0.2, -0.15) is 0 Å². The van der Waals surface area contributed by atoms with Crippen molar-refractivity contribution in [2.45, 2.75) is 33.1 Å². The molecule has 3 N–H and O–H groups in total. The van der Waals surface area contributed by atoms with Crippen LogP contribution in [0.5, 0.6) is 11.5 Å². The van der Waals surface area contributed by atoms with E-state index in [1.165, 1.54) is 0 Å². The molecule has 0 aromatic heterocycles. The smallest absolute Gasteiger partial charge is 0.341 e. The number of benzene rings is 1. The van der Waals surface area contributed by atoms with Gasteiger partial charge in [-0.1, -0.05) is 13.8 Å². The zero-order valence-electron chi connectivity index (χ0n) is 15.4. The van der Waals surface area contributed by atoms with E-state index >= 15 is 0 Å². The quantitative estimate of drug-likeness (QED) is 0.512. The number of rotatable bonds is 5. The third-order valence-corrected chi connectivity index (χ3v) is 7.78. The molecule has 1 aromatic rings. The fourth-order valence-electron chi connectivity index (χ4n) is 4.58. The summed E-state index contributed by atoms with van der Waals surface area (Å²) in [4.78, 5) is 24.3. The number of esters is 1. The number of ether oxygens (including phenoxy) is 1. The SMILES string of the molecule is COC(=O)c1ccc(O)c(NS(=O)(=O)C[C@]23CC[C@H](CC2=O)C3(C)C)c1O. The van der Waals surface area contributed by atoms with Crippen LogP contribution in [0.2, 0.25) is 0 Å². The number of methoxy groups -OCH3 is 1. The second-order valence-corrected chi connectivity index (χ2v) is 9.60. The van der Waals surface area contributed by atoms with E-state index < -0.39 is 49.8 Å². The molecule has 27 heavy (non-hydrogen) atoms. The third kappa shape index (κ3) is 2.84. The van der Waals surface area contributed by atoms with Gasteiger partial charge in [0.25, 0.3) is 0 Å². The Bertz CT molecular complexity index is 922. The number of carbonyl (C=O) groups excluding carboxylic acids is 2. The van der Waals surface area contributed by atoms with Crippen molar-refractivity contribution in [1.29, 1.82) is 0 Å². The predicted octanol–water partition coefficient (Wildman–Crippen LogP) is 2.02. The van der Waals surface area contributed by atoms with Crippen molar-refractivity contribution in [2.75, 3.05) is 17.6 Å². The summed E-state index contributed by atoms with van der Waals surface area (Å²) >= 11 is 0. The molecule has 2 aliphatic rings. The molecule has 0 saturated heterocycles. The minimum Gasteiger partial charge on any atom is -0.506 e. The third-order valence-electron chi connectivity index (χ3n) is 6.39. The molecule has 8 nitrogen and oxygen atoms in total. The van der Waals surface area contributed by atoms with Gasteiger partial charge in [0.05, 0.1) is 18.3 Å². The molecule has 148 valence electrons. The summed E-state index contributed by atoms with van der Waals surface area (Å²) < 4.78 is 32.3. The van der Waals surface area contributed by atoms with Gasteiger partial charge in [-0.25, -0.2) is 13.2 Å². The molecular formula is C18H23NO7S. The van der Waals surface area contributed by atoms with Crippen molar-refractivity contribution in [3.05, 3.63) is 17.7 Å². The van der Waals surface area contributed by atoms with Gasteiger partial charge >= 0.3 is 5.97 Å². The number of sulfonamides is 1. The van der Waals surface area contributed by atoms with Crippen LogP contribution in [0.15, 0.2) is 12.1 Å². The molecule has 0 unspecified atom stereocenters. The predicted molar refractivity (Wildman–Crippen MR) is 97.1 cm³/mol. The average molecular weight is 397 g/mol. The number of nitrogens with one attached hydrogen (secondary N) is 1. The van der Waals surface area contributed by atoms with Gasteiger partial charge < -0.3 is 14.9 Å². The van der Waals surface area contributed by atoms with E-state index in [1.807, 2.05) is 13.8 Å². The molecule has 0 spiro atoms. The van der Waals surface area contributed by atoms with E-state index in [2.05, 4.69) is 9.46 Å². The zero-order valence-corrected chi connectivity index (χ0v) is 16.2. The van der Waals surface area contributed by atoms with Crippen LogP contribution >= 0.6 is 0 Å². The largest absolute Gasteiger partial charge is 0.506 e. The zero-order chi connectivity index (χ0) is 20.2. The van der Waals surface area contributed by atoms with Crippen LogP contribution in [0.3, 0.4) is 0 Å². The number of aromatic hydroxyl groups is 2. The average Bonchev–Trinajstić information content (AvgIpc) is 2.92. The van der Waals surface area contributed by atoms with Crippen LogP contribution in [-0.4, -0.2) is 43.2 Å². The summed E-state index contributed by atoms with van der Waals surface area (Å²) in [5, 5.41) is 20.2. The van der Waals surface area contributed by atoms with E-state index in [9.17, 15) is 28.2 Å². The van der Waals surface area contributed by atoms with Gasteiger partial charge in [0.1, 0.15) is 22.8 Å². The normalized spacial score (nSPS) is 26.2. The lowest BCUT2D eigenvalue weighted by Crippen LogP contribution is -2.43. The minimum atomic E-state index is -4.10. The van der Waals surface area contributed by atoms with Crippen molar-refractivity contribution < 1.29 is 33.0 Å². The first-order valence-corrected chi connectivity index (χ1v) is 10.3. The number of anilines is 1. The van der Waals surface area contributed by atoms with Crippen LogP contribution in [0.25, 0.3) is 0 Å². The summed E-state index contributed by atoms with van der Waals surface area (Å²) in [7, 11) is -2.99. The Labute approximate surface area is 157 Å². The molecule has 2 atom stereocenters. The number of fused-ring (bicyclic) bond motifs is 2. The number of Topliss-reactive ketones (excluding diaryl/α,β-unsaturated/α-hetero) is 1. The van der Waals surface area contributed by atoms with E-state index in [0.29, 0.717) is 12.8 Å². The first kappa shape index (κ1) is 19.5. The molecule has 2 saturated carbocycles. The topological polar surface area (TPSA) is 130 Å². The standard InChI is InChI=1S/C18H23NO7S/c1-17(2)10-6-7-18(17,13(21)8-10)9-27(24,25)19-14-12(20)5-4-11(15(14)22)16(23)26-3/h4-5,10,19-20,22H,6-9H2,1-3H3/t10-,18-/m1/s1. The molecule has 2 bridgehead atoms. The van der Waals surface area contributed by atoms with Gasteiger partial charge in [-0.3, -0.25) is 9.52 Å². The molecule has 0 amide bonds. The van der Waals surface area contributed by atoms with Crippen LogP contribution in [0, 0.1) is 16.7 Å². The number of hydrogen-bond donors (Lipinski definition) is 3. The highest BCUT2D eigenvalue weighted by atomic mass is 32.2. The van der Waals surface area contributed by atoms with Crippen molar-refractivity contribution in [3.8, 4) is 11.5 Å². The lowest BCUT2D eigenvalue weighted by molar-refractivity contribution is -0.128. The Kier molecular flexibility index (Phi) is 4.41. The van der Waals surface area contributed by atoms with Crippen LogP contribution in [0.4, 0.5) is 5.69 Å². The molecule has 3 rings (SSSR count). The fourth-order valence-corrected chi connectivity index (χ4v) is 6.49. The first-order chi connectivity index (χ1) is 12.4. The Morgan fingerprint density at radius 1 is 1.33 bits per heavy atom. The molecule has 2 fully saturated rings. The van der Waals surface area contributed by atoms with Crippen molar-refractivity contribution in [1.82, 2.24) is 0 Å². The summed E-state index contributed by atoms with van der Waals surface area (Å²) in [6.45, 7) is 3.83. The second-order valence-electron chi connectivity index (χ2n) is 7.88. The monoisotopic (exact) mass is 397 g/mol. The number of hydrogen-bond acceptors (Lipinski definition) is 7. The molecule has 1 aromatic carbocycles. The van der Waals surface area contributed by atoms with Gasteiger partial charge in [0.2, 0.25) is 10.0 Å². The fraction of sp³-hybridized carbons (Fsp3) is 0.556. The maximum atomic E-state index is 12.8. The summed E-state index contributed by atoms with van der Waals surface area (Å²) in [6, 6.07) is 2.20. The molecule has 9 heteroatoms. The van der Waals surface area contributed by atoms with Gasteiger partial charge in [0.15, 0.2) is 5.75 Å². The number of carbonyl (C=O) groups is 2. The van der Waals surface area contributed by atoms with Gasteiger partial charge in [-0.15, -0.1) is 0 Å². The van der Waals surface area contributed by atoms with E-state index in [1.54, 1.807) is 0 Å². The van der Waals surface area contributed by atoms with Crippen LogP contribution in [0.1, 0.15) is 43.5 Å². The minimum absolute atomic E-state index is 0.0640. The molecule has 0 radical (unpaired) electrons. The Hall–Kier alpha value is -2.29. The maximum Gasteiger partial charge on any atom is 0.341 e. The number of phenols is 2. The van der Waals surface area contributed by atoms with Crippen molar-refractivity contribution in [2.24, 2.45) is 16.7 Å². The Morgan fingerprint density at radius 3 is 2.52 bits per heavy atom. The number of ketones is 1. The molecule has 0 heterocycles. The lowest BCUT2D eigenvalue weighted by atomic mass is 9.70. The molecule has 0 aliphatic heterocycles. The van der Waals surface area contributed by atoms with Gasteiger partial charge in [-0.05, 0) is 36.3 Å². The number of phenolic OH excluding ortho intramolecular Hbond substituents is 2. The molecule has 2 aliphatic carbocycles. The maximum absolute atomic E-state index is 12.8. The summed E-state index contributed by atoms with van der Waals surface area (Å²) in [6.07, 6.45) is 1.66. The summed E-state index contributed by atoms with van der Waals surface area (Å²) in [5.74, 6) is -2.50. The van der Waals surface area contributed by atoms with E-state index in [4.69, 9.17) is 0 Å². The highest BCUT2D eigenvalue weighted by molar-refractivity contribution is 7.92. The highest BCUT2D eigenvalue weighted by Gasteiger charge is 2.65. The van der Waals surface area contributed by atoms with Crippen molar-refractivity contribution in [3.63, 3.8) is 0 Å². The Balaban J connectivity index is 1.95. The summed E-state index contributed by atoms with van der Waals surface area (Å²) in [5.41, 5.74) is -2.23. The van der Waals surface area contributed by atoms with Crippen molar-refractivity contribution >= 4 is 27.5 Å². The Morgan fingerprint density at radius 2 is 2.00 bits per heavy atom. The second kappa shape index (κ2) is 6.12. The van der Waals surface area contributed by atoms with E-state index in [-0.39, 0.29) is 17.3 Å².